The SMILES string of the molecule is CCNC(CC)Cc1csc2ccccc12. The topological polar surface area (TPSA) is 12.0 Å². The minimum absolute atomic E-state index is 0.614. The Kier molecular flexibility index (Phi) is 3.97. The zero-order chi connectivity index (χ0) is 11.4. The largest absolute Gasteiger partial charge is 0.314 e. The summed E-state index contributed by atoms with van der Waals surface area (Å²) in [5, 5.41) is 7.28. The van der Waals surface area contributed by atoms with Crippen LogP contribution in [-0.2, 0) is 6.42 Å². The second kappa shape index (κ2) is 5.46. The molecule has 0 aliphatic heterocycles. The van der Waals surface area contributed by atoms with Gasteiger partial charge in [-0.05, 0) is 41.8 Å². The first kappa shape index (κ1) is 11.6. The molecule has 0 amide bonds. The molecule has 2 aromatic rings. The number of hydrogen-bond acceptors (Lipinski definition) is 2. The lowest BCUT2D eigenvalue weighted by atomic mass is 10.0. The van der Waals surface area contributed by atoms with Crippen molar-refractivity contribution in [3.05, 3.63) is 35.2 Å². The molecule has 2 rings (SSSR count). The van der Waals surface area contributed by atoms with E-state index < -0.39 is 0 Å². The highest BCUT2D eigenvalue weighted by Gasteiger charge is 2.09. The average molecular weight is 233 g/mol. The van der Waals surface area contributed by atoms with Gasteiger partial charge >= 0.3 is 0 Å². The summed E-state index contributed by atoms with van der Waals surface area (Å²) in [4.78, 5) is 0. The summed E-state index contributed by atoms with van der Waals surface area (Å²) in [6, 6.07) is 9.30. The predicted molar refractivity (Wildman–Crippen MR) is 73.3 cm³/mol. The summed E-state index contributed by atoms with van der Waals surface area (Å²) in [7, 11) is 0. The van der Waals surface area contributed by atoms with Gasteiger partial charge in [-0.25, -0.2) is 0 Å². The van der Waals surface area contributed by atoms with E-state index in [0.717, 1.165) is 13.0 Å². The monoisotopic (exact) mass is 233 g/mol. The van der Waals surface area contributed by atoms with Crippen molar-refractivity contribution in [2.45, 2.75) is 32.7 Å². The highest BCUT2D eigenvalue weighted by molar-refractivity contribution is 7.17. The summed E-state index contributed by atoms with van der Waals surface area (Å²) < 4.78 is 1.41. The van der Waals surface area contributed by atoms with Crippen LogP contribution >= 0.6 is 11.3 Å². The molecule has 0 radical (unpaired) electrons. The summed E-state index contributed by atoms with van der Waals surface area (Å²) in [5.74, 6) is 0. The minimum Gasteiger partial charge on any atom is -0.314 e. The van der Waals surface area contributed by atoms with Crippen LogP contribution in [0.1, 0.15) is 25.8 Å². The number of benzene rings is 1. The fourth-order valence-corrected chi connectivity index (χ4v) is 3.08. The van der Waals surface area contributed by atoms with Crippen LogP contribution in [0.3, 0.4) is 0 Å². The molecule has 0 spiro atoms. The molecular formula is C14H19NS. The Balaban J connectivity index is 2.20. The standard InChI is InChI=1S/C14H19NS/c1-3-12(15-4-2)9-11-10-16-14-8-6-5-7-13(11)14/h5-8,10,12,15H,3-4,9H2,1-2H3. The minimum atomic E-state index is 0.614. The molecule has 1 unspecified atom stereocenters. The van der Waals surface area contributed by atoms with Gasteiger partial charge in [-0.2, -0.15) is 0 Å². The summed E-state index contributed by atoms with van der Waals surface area (Å²) >= 11 is 1.86. The van der Waals surface area contributed by atoms with Crippen molar-refractivity contribution in [1.29, 1.82) is 0 Å². The van der Waals surface area contributed by atoms with Crippen LogP contribution in [0.2, 0.25) is 0 Å². The Hall–Kier alpha value is -0.860. The first-order valence-corrected chi connectivity index (χ1v) is 6.91. The molecule has 0 fully saturated rings. The van der Waals surface area contributed by atoms with Crippen LogP contribution in [0.4, 0.5) is 0 Å². The van der Waals surface area contributed by atoms with E-state index in [0.29, 0.717) is 6.04 Å². The van der Waals surface area contributed by atoms with E-state index in [-0.39, 0.29) is 0 Å². The van der Waals surface area contributed by atoms with Gasteiger partial charge in [0.15, 0.2) is 0 Å². The zero-order valence-corrected chi connectivity index (χ0v) is 10.8. The van der Waals surface area contributed by atoms with Gasteiger partial charge in [-0.15, -0.1) is 11.3 Å². The van der Waals surface area contributed by atoms with Gasteiger partial charge in [-0.1, -0.05) is 32.0 Å². The maximum atomic E-state index is 3.54. The molecule has 1 aromatic carbocycles. The third-order valence-electron chi connectivity index (χ3n) is 3.01. The molecule has 16 heavy (non-hydrogen) atoms. The van der Waals surface area contributed by atoms with Crippen molar-refractivity contribution in [3.8, 4) is 0 Å². The van der Waals surface area contributed by atoms with E-state index >= 15 is 0 Å². The molecule has 1 nitrogen and oxygen atoms in total. The van der Waals surface area contributed by atoms with Crippen LogP contribution in [0, 0.1) is 0 Å². The smallest absolute Gasteiger partial charge is 0.0345 e. The van der Waals surface area contributed by atoms with E-state index in [9.17, 15) is 0 Å². The molecule has 1 heterocycles. The van der Waals surface area contributed by atoms with Gasteiger partial charge in [0.1, 0.15) is 0 Å². The Morgan fingerprint density at radius 3 is 2.81 bits per heavy atom. The third kappa shape index (κ3) is 2.45. The van der Waals surface area contributed by atoms with Crippen molar-refractivity contribution in [2.75, 3.05) is 6.54 Å². The number of nitrogens with one attached hydrogen (secondary N) is 1. The number of rotatable bonds is 5. The van der Waals surface area contributed by atoms with E-state index in [1.54, 1.807) is 0 Å². The fraction of sp³-hybridized carbons (Fsp3) is 0.429. The lowest BCUT2D eigenvalue weighted by molar-refractivity contribution is 0.512. The summed E-state index contributed by atoms with van der Waals surface area (Å²) in [6.07, 6.45) is 2.34. The summed E-state index contributed by atoms with van der Waals surface area (Å²) in [5.41, 5.74) is 1.49. The molecule has 0 aliphatic rings. The van der Waals surface area contributed by atoms with Gasteiger partial charge in [0.2, 0.25) is 0 Å². The van der Waals surface area contributed by atoms with Crippen molar-refractivity contribution in [1.82, 2.24) is 5.32 Å². The highest BCUT2D eigenvalue weighted by atomic mass is 32.1. The quantitative estimate of drug-likeness (QED) is 0.827. The Bertz CT molecular complexity index is 447. The number of hydrogen-bond donors (Lipinski definition) is 1. The third-order valence-corrected chi connectivity index (χ3v) is 4.03. The predicted octanol–water partition coefficient (Wildman–Crippen LogP) is 3.83. The Morgan fingerprint density at radius 2 is 2.06 bits per heavy atom. The number of fused-ring (bicyclic) bond motifs is 1. The first-order valence-electron chi connectivity index (χ1n) is 6.03. The zero-order valence-electron chi connectivity index (χ0n) is 9.99. The Labute approximate surface area is 101 Å². The van der Waals surface area contributed by atoms with Crippen molar-refractivity contribution in [2.24, 2.45) is 0 Å². The van der Waals surface area contributed by atoms with Gasteiger partial charge in [0.05, 0.1) is 0 Å². The lowest BCUT2D eigenvalue weighted by Crippen LogP contribution is -2.30. The first-order chi connectivity index (χ1) is 7.85. The molecule has 0 bridgehead atoms. The molecule has 0 saturated carbocycles. The van der Waals surface area contributed by atoms with Crippen LogP contribution in [0.5, 0.6) is 0 Å². The highest BCUT2D eigenvalue weighted by Crippen LogP contribution is 2.26. The molecular weight excluding hydrogens is 214 g/mol. The van der Waals surface area contributed by atoms with Crippen LogP contribution < -0.4 is 5.32 Å². The van der Waals surface area contributed by atoms with Gasteiger partial charge in [0.25, 0.3) is 0 Å². The van der Waals surface area contributed by atoms with Gasteiger partial charge in [0, 0.05) is 10.7 Å². The van der Waals surface area contributed by atoms with E-state index in [1.165, 1.54) is 22.1 Å². The van der Waals surface area contributed by atoms with Gasteiger partial charge in [-0.3, -0.25) is 0 Å². The maximum absolute atomic E-state index is 3.54. The Morgan fingerprint density at radius 1 is 1.25 bits per heavy atom. The molecule has 1 N–H and O–H groups in total. The van der Waals surface area contributed by atoms with E-state index in [4.69, 9.17) is 0 Å². The molecule has 1 aromatic heterocycles. The number of likely N-dealkylation sites (N-methyl/N-ethyl adjacent to an activating group) is 1. The average Bonchev–Trinajstić information content (AvgIpc) is 2.72. The van der Waals surface area contributed by atoms with Crippen LogP contribution in [0.25, 0.3) is 10.1 Å². The number of thiophene rings is 1. The molecule has 0 saturated heterocycles. The lowest BCUT2D eigenvalue weighted by Gasteiger charge is -2.15. The van der Waals surface area contributed by atoms with Crippen molar-refractivity contribution < 1.29 is 0 Å². The van der Waals surface area contributed by atoms with Crippen molar-refractivity contribution in [3.63, 3.8) is 0 Å². The maximum Gasteiger partial charge on any atom is 0.0345 e. The molecule has 2 heteroatoms. The normalized spacial score (nSPS) is 13.1. The van der Waals surface area contributed by atoms with E-state index in [2.05, 4.69) is 48.8 Å². The molecule has 86 valence electrons. The molecule has 0 aliphatic carbocycles. The fourth-order valence-electron chi connectivity index (χ4n) is 2.11. The van der Waals surface area contributed by atoms with Gasteiger partial charge < -0.3 is 5.32 Å². The second-order valence-corrected chi connectivity index (χ2v) is 5.04. The summed E-state index contributed by atoms with van der Waals surface area (Å²) in [6.45, 7) is 5.48. The van der Waals surface area contributed by atoms with Crippen LogP contribution in [0.15, 0.2) is 29.6 Å². The second-order valence-electron chi connectivity index (χ2n) is 4.12. The van der Waals surface area contributed by atoms with Crippen molar-refractivity contribution >= 4 is 21.4 Å². The van der Waals surface area contributed by atoms with Crippen LogP contribution in [-0.4, -0.2) is 12.6 Å². The van der Waals surface area contributed by atoms with E-state index in [1.807, 2.05) is 11.3 Å². The molecule has 1 atom stereocenters.